The first kappa shape index (κ1) is 11.5. The van der Waals surface area contributed by atoms with E-state index in [1.165, 1.54) is 5.56 Å². The SMILES string of the molecule is Cc1cnn(C2CCN(c3nnc4ccccn34)C2)c1. The van der Waals surface area contributed by atoms with Crippen molar-refractivity contribution in [3.63, 3.8) is 0 Å². The van der Waals surface area contributed by atoms with E-state index in [1.54, 1.807) is 0 Å². The minimum absolute atomic E-state index is 0.416. The summed E-state index contributed by atoms with van der Waals surface area (Å²) in [4.78, 5) is 2.28. The molecule has 20 heavy (non-hydrogen) atoms. The van der Waals surface area contributed by atoms with Crippen LogP contribution in [0, 0.1) is 6.92 Å². The third kappa shape index (κ3) is 1.76. The van der Waals surface area contributed by atoms with Gasteiger partial charge in [0.05, 0.1) is 12.2 Å². The van der Waals surface area contributed by atoms with Crippen molar-refractivity contribution >= 4 is 11.6 Å². The molecule has 6 heteroatoms. The van der Waals surface area contributed by atoms with E-state index in [0.717, 1.165) is 31.1 Å². The Morgan fingerprint density at radius 2 is 2.20 bits per heavy atom. The highest BCUT2D eigenvalue weighted by molar-refractivity contribution is 5.46. The van der Waals surface area contributed by atoms with Gasteiger partial charge in [-0.2, -0.15) is 5.10 Å². The quantitative estimate of drug-likeness (QED) is 0.709. The lowest BCUT2D eigenvalue weighted by Gasteiger charge is -2.16. The van der Waals surface area contributed by atoms with Gasteiger partial charge in [-0.1, -0.05) is 6.07 Å². The summed E-state index contributed by atoms with van der Waals surface area (Å²) in [6.45, 7) is 3.98. The maximum absolute atomic E-state index is 4.42. The Morgan fingerprint density at radius 3 is 3.05 bits per heavy atom. The van der Waals surface area contributed by atoms with Crippen LogP contribution in [0.2, 0.25) is 0 Å². The van der Waals surface area contributed by atoms with Crippen molar-refractivity contribution in [1.82, 2.24) is 24.4 Å². The minimum atomic E-state index is 0.416. The molecule has 1 saturated heterocycles. The number of anilines is 1. The molecule has 6 nitrogen and oxygen atoms in total. The molecule has 1 unspecified atom stereocenters. The maximum Gasteiger partial charge on any atom is 0.231 e. The van der Waals surface area contributed by atoms with Gasteiger partial charge in [0.25, 0.3) is 0 Å². The molecule has 4 heterocycles. The number of fused-ring (bicyclic) bond motifs is 1. The van der Waals surface area contributed by atoms with Crippen LogP contribution in [0.4, 0.5) is 5.95 Å². The Labute approximate surface area is 116 Å². The maximum atomic E-state index is 4.42. The van der Waals surface area contributed by atoms with Crippen LogP contribution in [0.3, 0.4) is 0 Å². The second-order valence-electron chi connectivity index (χ2n) is 5.32. The van der Waals surface area contributed by atoms with Gasteiger partial charge in [0.1, 0.15) is 0 Å². The Kier molecular flexibility index (Phi) is 2.48. The molecule has 3 aromatic rings. The summed E-state index contributed by atoms with van der Waals surface area (Å²) in [5, 5.41) is 13.0. The van der Waals surface area contributed by atoms with Crippen LogP contribution in [0.25, 0.3) is 5.65 Å². The molecule has 102 valence electrons. The van der Waals surface area contributed by atoms with Crippen LogP contribution in [0.5, 0.6) is 0 Å². The van der Waals surface area contributed by atoms with Crippen molar-refractivity contribution in [3.8, 4) is 0 Å². The van der Waals surface area contributed by atoms with Crippen LogP contribution in [0.15, 0.2) is 36.8 Å². The summed E-state index contributed by atoms with van der Waals surface area (Å²) >= 11 is 0. The van der Waals surface area contributed by atoms with Gasteiger partial charge < -0.3 is 4.90 Å². The number of pyridine rings is 1. The van der Waals surface area contributed by atoms with E-state index < -0.39 is 0 Å². The van der Waals surface area contributed by atoms with Crippen molar-refractivity contribution in [2.45, 2.75) is 19.4 Å². The number of nitrogens with zero attached hydrogens (tertiary/aromatic N) is 6. The minimum Gasteiger partial charge on any atom is -0.338 e. The molecular weight excluding hydrogens is 252 g/mol. The van der Waals surface area contributed by atoms with Gasteiger partial charge >= 0.3 is 0 Å². The zero-order chi connectivity index (χ0) is 13.5. The topological polar surface area (TPSA) is 51.2 Å². The number of rotatable bonds is 2. The lowest BCUT2D eigenvalue weighted by molar-refractivity contribution is 0.494. The van der Waals surface area contributed by atoms with E-state index in [9.17, 15) is 0 Å². The second kappa shape index (κ2) is 4.33. The van der Waals surface area contributed by atoms with Crippen LogP contribution in [0.1, 0.15) is 18.0 Å². The van der Waals surface area contributed by atoms with E-state index in [2.05, 4.69) is 38.0 Å². The summed E-state index contributed by atoms with van der Waals surface area (Å²) < 4.78 is 4.11. The molecule has 0 aliphatic carbocycles. The van der Waals surface area contributed by atoms with Gasteiger partial charge in [0.2, 0.25) is 5.95 Å². The fourth-order valence-corrected chi connectivity index (χ4v) is 2.82. The van der Waals surface area contributed by atoms with E-state index in [-0.39, 0.29) is 0 Å². The highest BCUT2D eigenvalue weighted by Crippen LogP contribution is 2.25. The predicted octanol–water partition coefficient (Wildman–Crippen LogP) is 1.69. The summed E-state index contributed by atoms with van der Waals surface area (Å²) in [6, 6.07) is 6.37. The van der Waals surface area contributed by atoms with Crippen LogP contribution < -0.4 is 4.90 Å². The van der Waals surface area contributed by atoms with Crippen molar-refractivity contribution in [2.75, 3.05) is 18.0 Å². The lowest BCUT2D eigenvalue weighted by atomic mass is 10.3. The molecule has 3 aromatic heterocycles. The number of hydrogen-bond donors (Lipinski definition) is 0. The Hall–Kier alpha value is -2.37. The molecule has 4 rings (SSSR count). The van der Waals surface area contributed by atoms with Gasteiger partial charge in [-0.15, -0.1) is 10.2 Å². The van der Waals surface area contributed by atoms with Crippen molar-refractivity contribution in [1.29, 1.82) is 0 Å². The molecule has 1 atom stereocenters. The van der Waals surface area contributed by atoms with Gasteiger partial charge in [0, 0.05) is 25.5 Å². The van der Waals surface area contributed by atoms with Gasteiger partial charge in [-0.05, 0) is 31.0 Å². The van der Waals surface area contributed by atoms with Gasteiger partial charge in [-0.3, -0.25) is 9.08 Å². The fourth-order valence-electron chi connectivity index (χ4n) is 2.82. The third-order valence-electron chi connectivity index (χ3n) is 3.85. The molecule has 1 aliphatic heterocycles. The van der Waals surface area contributed by atoms with E-state index in [4.69, 9.17) is 0 Å². The molecule has 0 amide bonds. The molecule has 0 bridgehead atoms. The van der Waals surface area contributed by atoms with Crippen molar-refractivity contribution < 1.29 is 0 Å². The highest BCUT2D eigenvalue weighted by Gasteiger charge is 2.27. The number of hydrogen-bond acceptors (Lipinski definition) is 4. The Morgan fingerprint density at radius 1 is 1.25 bits per heavy atom. The summed E-state index contributed by atoms with van der Waals surface area (Å²) in [6.07, 6.45) is 7.12. The van der Waals surface area contributed by atoms with Crippen molar-refractivity contribution in [3.05, 3.63) is 42.4 Å². The number of aromatic nitrogens is 5. The summed E-state index contributed by atoms with van der Waals surface area (Å²) in [5.41, 5.74) is 2.09. The Bertz CT molecular complexity index is 743. The van der Waals surface area contributed by atoms with E-state index in [1.807, 2.05) is 35.0 Å². The second-order valence-corrected chi connectivity index (χ2v) is 5.32. The van der Waals surface area contributed by atoms with Crippen LogP contribution >= 0.6 is 0 Å². The Balaban J connectivity index is 1.62. The first-order valence-corrected chi connectivity index (χ1v) is 6.87. The molecule has 1 fully saturated rings. The van der Waals surface area contributed by atoms with Gasteiger partial charge in [0.15, 0.2) is 5.65 Å². The van der Waals surface area contributed by atoms with E-state index >= 15 is 0 Å². The average Bonchev–Trinajstić information content (AvgIpc) is 3.15. The molecule has 1 aliphatic rings. The third-order valence-corrected chi connectivity index (χ3v) is 3.85. The van der Waals surface area contributed by atoms with Gasteiger partial charge in [-0.25, -0.2) is 0 Å². The number of aryl methyl sites for hydroxylation is 1. The molecule has 0 radical (unpaired) electrons. The first-order chi connectivity index (χ1) is 9.81. The van der Waals surface area contributed by atoms with Crippen LogP contribution in [-0.2, 0) is 0 Å². The predicted molar refractivity (Wildman–Crippen MR) is 75.8 cm³/mol. The monoisotopic (exact) mass is 268 g/mol. The molecule has 0 N–H and O–H groups in total. The standard InChI is InChI=1S/C14H16N6/c1-11-8-15-20(9-11)12-5-7-18(10-12)14-17-16-13-4-2-3-6-19(13)14/h2-4,6,8-9,12H,5,7,10H2,1H3. The zero-order valence-corrected chi connectivity index (χ0v) is 11.3. The average molecular weight is 268 g/mol. The normalized spacial score (nSPS) is 19.1. The van der Waals surface area contributed by atoms with Crippen molar-refractivity contribution in [2.24, 2.45) is 0 Å². The molecule has 0 saturated carbocycles. The highest BCUT2D eigenvalue weighted by atomic mass is 15.4. The molecular formula is C14H16N6. The lowest BCUT2D eigenvalue weighted by Crippen LogP contribution is -2.23. The first-order valence-electron chi connectivity index (χ1n) is 6.87. The summed E-state index contributed by atoms with van der Waals surface area (Å²) in [7, 11) is 0. The largest absolute Gasteiger partial charge is 0.338 e. The van der Waals surface area contributed by atoms with Crippen LogP contribution in [-0.4, -0.2) is 37.5 Å². The zero-order valence-electron chi connectivity index (χ0n) is 11.3. The fraction of sp³-hybridized carbons (Fsp3) is 0.357. The smallest absolute Gasteiger partial charge is 0.231 e. The summed E-state index contributed by atoms with van der Waals surface area (Å²) in [5.74, 6) is 0.923. The molecule has 0 aromatic carbocycles. The molecule has 0 spiro atoms. The van der Waals surface area contributed by atoms with E-state index in [0.29, 0.717) is 6.04 Å².